The lowest BCUT2D eigenvalue weighted by Crippen LogP contribution is -2.21. The summed E-state index contributed by atoms with van der Waals surface area (Å²) in [4.78, 5) is 13.1. The number of hydrazone groups is 1. The Bertz CT molecular complexity index is 1330. The van der Waals surface area contributed by atoms with Gasteiger partial charge in [0, 0.05) is 11.1 Å². The molecule has 174 valence electrons. The van der Waals surface area contributed by atoms with Gasteiger partial charge in [-0.25, -0.2) is 10.1 Å². The number of hydrogen-bond acceptors (Lipinski definition) is 10. The third-order valence-electron chi connectivity index (χ3n) is 4.84. The molecule has 0 aliphatic carbocycles. The van der Waals surface area contributed by atoms with Crippen LogP contribution in [0.4, 0.5) is 5.82 Å². The molecule has 0 aliphatic heterocycles. The number of anilines is 1. The predicted molar refractivity (Wildman–Crippen MR) is 123 cm³/mol. The molecule has 1 amide bonds. The first-order valence-corrected chi connectivity index (χ1v) is 10.3. The molecule has 34 heavy (non-hydrogen) atoms. The molecule has 0 spiro atoms. The van der Waals surface area contributed by atoms with Gasteiger partial charge in [-0.05, 0) is 60.6 Å². The smallest absolute Gasteiger partial charge is 0.294 e. The number of rotatable bonds is 8. The number of para-hydroxylation sites is 1. The molecule has 2 aromatic heterocycles. The molecule has 4 aromatic rings. The highest BCUT2D eigenvalue weighted by atomic mass is 16.6. The Labute approximate surface area is 194 Å². The SMILES string of the molecule is CCOc1ccc(-c2c(C(=O)N/N=C(/C)c3ccccc3OC)nnn2-c2nonc2N)cc1. The van der Waals surface area contributed by atoms with Crippen LogP contribution in [-0.4, -0.2) is 50.6 Å². The number of aromatic nitrogens is 5. The minimum atomic E-state index is -0.584. The molecular weight excluding hydrogens is 440 g/mol. The van der Waals surface area contributed by atoms with Gasteiger partial charge in [0.15, 0.2) is 5.69 Å². The summed E-state index contributed by atoms with van der Waals surface area (Å²) in [6.07, 6.45) is 0. The van der Waals surface area contributed by atoms with E-state index in [0.717, 1.165) is 5.56 Å². The van der Waals surface area contributed by atoms with Crippen molar-refractivity contribution in [3.8, 4) is 28.6 Å². The molecule has 0 radical (unpaired) electrons. The molecule has 3 N–H and O–H groups in total. The van der Waals surface area contributed by atoms with Crippen LogP contribution in [0.15, 0.2) is 58.3 Å². The quantitative estimate of drug-likeness (QED) is 0.297. The summed E-state index contributed by atoms with van der Waals surface area (Å²) in [5.74, 6) is 0.821. The van der Waals surface area contributed by atoms with Crippen LogP contribution in [0.5, 0.6) is 11.5 Å². The van der Waals surface area contributed by atoms with E-state index < -0.39 is 5.91 Å². The Morgan fingerprint density at radius 2 is 1.94 bits per heavy atom. The fourth-order valence-electron chi connectivity index (χ4n) is 3.25. The number of nitrogens with zero attached hydrogens (tertiary/aromatic N) is 6. The fraction of sp³-hybridized carbons (Fsp3) is 0.182. The standard InChI is InChI=1S/C22H22N8O4/c1-4-33-15-11-9-14(10-12-15)19-18(25-29-30(19)21-20(23)27-34-28-21)22(31)26-24-13(2)16-7-5-6-8-17(16)32-3/h5-12H,4H2,1-3H3,(H2,23,27)(H,26,31)/b24-13-. The number of nitrogens with two attached hydrogens (primary N) is 1. The van der Waals surface area contributed by atoms with Gasteiger partial charge in [-0.2, -0.15) is 9.78 Å². The maximum absolute atomic E-state index is 13.1. The Kier molecular flexibility index (Phi) is 6.48. The lowest BCUT2D eigenvalue weighted by molar-refractivity contribution is 0.0950. The zero-order chi connectivity index (χ0) is 24.1. The maximum atomic E-state index is 13.1. The zero-order valence-electron chi connectivity index (χ0n) is 18.7. The highest BCUT2D eigenvalue weighted by Gasteiger charge is 2.25. The third kappa shape index (κ3) is 4.41. The summed E-state index contributed by atoms with van der Waals surface area (Å²) in [6.45, 7) is 4.17. The first-order chi connectivity index (χ1) is 16.5. The molecule has 4 rings (SSSR count). The van der Waals surface area contributed by atoms with Gasteiger partial charge in [0.2, 0.25) is 11.6 Å². The van der Waals surface area contributed by atoms with Gasteiger partial charge in [0.25, 0.3) is 5.91 Å². The lowest BCUT2D eigenvalue weighted by atomic mass is 10.1. The van der Waals surface area contributed by atoms with E-state index in [9.17, 15) is 4.79 Å². The number of benzene rings is 2. The van der Waals surface area contributed by atoms with Crippen molar-refractivity contribution < 1.29 is 18.9 Å². The van der Waals surface area contributed by atoms with E-state index in [4.69, 9.17) is 19.8 Å². The van der Waals surface area contributed by atoms with Crippen molar-refractivity contribution in [1.29, 1.82) is 0 Å². The van der Waals surface area contributed by atoms with E-state index >= 15 is 0 Å². The second kappa shape index (κ2) is 9.81. The monoisotopic (exact) mass is 462 g/mol. The van der Waals surface area contributed by atoms with Crippen molar-refractivity contribution in [2.24, 2.45) is 5.10 Å². The summed E-state index contributed by atoms with van der Waals surface area (Å²) in [5, 5.41) is 19.7. The largest absolute Gasteiger partial charge is 0.496 e. The van der Waals surface area contributed by atoms with Crippen LogP contribution in [0, 0.1) is 0 Å². The zero-order valence-corrected chi connectivity index (χ0v) is 18.7. The highest BCUT2D eigenvalue weighted by molar-refractivity contribution is 6.03. The minimum Gasteiger partial charge on any atom is -0.496 e. The van der Waals surface area contributed by atoms with Gasteiger partial charge in [0.1, 0.15) is 17.2 Å². The third-order valence-corrected chi connectivity index (χ3v) is 4.84. The molecule has 0 bridgehead atoms. The number of ether oxygens (including phenoxy) is 2. The first-order valence-electron chi connectivity index (χ1n) is 10.3. The molecule has 2 heterocycles. The number of nitrogens with one attached hydrogen (secondary N) is 1. The first kappa shape index (κ1) is 22.5. The van der Waals surface area contributed by atoms with Gasteiger partial charge in [-0.15, -0.1) is 5.10 Å². The van der Waals surface area contributed by atoms with Crippen molar-refractivity contribution in [3.63, 3.8) is 0 Å². The summed E-state index contributed by atoms with van der Waals surface area (Å²) < 4.78 is 16.8. The number of amides is 1. The second-order valence-electron chi connectivity index (χ2n) is 6.97. The van der Waals surface area contributed by atoms with Crippen molar-refractivity contribution >= 4 is 17.4 Å². The van der Waals surface area contributed by atoms with Gasteiger partial charge in [-0.1, -0.05) is 17.3 Å². The summed E-state index contributed by atoms with van der Waals surface area (Å²) in [6, 6.07) is 14.4. The molecular formula is C22H22N8O4. The van der Waals surface area contributed by atoms with Crippen molar-refractivity contribution in [3.05, 3.63) is 59.8 Å². The maximum Gasteiger partial charge on any atom is 0.294 e. The average Bonchev–Trinajstić information content (AvgIpc) is 3.49. The van der Waals surface area contributed by atoms with Crippen molar-refractivity contribution in [2.45, 2.75) is 13.8 Å². The molecule has 0 fully saturated rings. The van der Waals surface area contributed by atoms with Crippen LogP contribution in [0.2, 0.25) is 0 Å². The molecule has 0 saturated carbocycles. The number of carbonyl (C=O) groups excluding carboxylic acids is 1. The average molecular weight is 462 g/mol. The number of methoxy groups -OCH3 is 1. The number of nitrogen functional groups attached to an aromatic ring is 1. The molecule has 2 aromatic carbocycles. The van der Waals surface area contributed by atoms with E-state index in [0.29, 0.717) is 35.1 Å². The summed E-state index contributed by atoms with van der Waals surface area (Å²) >= 11 is 0. The molecule has 0 aliphatic rings. The van der Waals surface area contributed by atoms with E-state index in [1.54, 1.807) is 38.3 Å². The normalized spacial score (nSPS) is 11.3. The molecule has 0 atom stereocenters. The van der Waals surface area contributed by atoms with Crippen LogP contribution in [0.25, 0.3) is 17.1 Å². The Balaban J connectivity index is 1.71. The van der Waals surface area contributed by atoms with Gasteiger partial charge < -0.3 is 15.2 Å². The number of hydrogen-bond donors (Lipinski definition) is 2. The Morgan fingerprint density at radius 1 is 1.18 bits per heavy atom. The van der Waals surface area contributed by atoms with Crippen molar-refractivity contribution in [2.75, 3.05) is 19.5 Å². The summed E-state index contributed by atoms with van der Waals surface area (Å²) in [7, 11) is 1.57. The van der Waals surface area contributed by atoms with Crippen LogP contribution in [0.3, 0.4) is 0 Å². The van der Waals surface area contributed by atoms with Gasteiger partial charge in [-0.3, -0.25) is 4.79 Å². The molecule has 0 saturated heterocycles. The Morgan fingerprint density at radius 3 is 2.62 bits per heavy atom. The number of carbonyl (C=O) groups is 1. The van der Waals surface area contributed by atoms with E-state index in [2.05, 4.69) is 31.2 Å². The molecule has 12 nitrogen and oxygen atoms in total. The van der Waals surface area contributed by atoms with Crippen LogP contribution >= 0.6 is 0 Å². The van der Waals surface area contributed by atoms with Gasteiger partial charge in [0.05, 0.1) is 19.4 Å². The molecule has 0 unspecified atom stereocenters. The van der Waals surface area contributed by atoms with Crippen LogP contribution in [-0.2, 0) is 0 Å². The van der Waals surface area contributed by atoms with Crippen LogP contribution < -0.4 is 20.6 Å². The topological polar surface area (TPSA) is 156 Å². The predicted octanol–water partition coefficient (Wildman–Crippen LogP) is 2.46. The highest BCUT2D eigenvalue weighted by Crippen LogP contribution is 2.28. The minimum absolute atomic E-state index is 0.00290. The lowest BCUT2D eigenvalue weighted by Gasteiger charge is -2.09. The van der Waals surface area contributed by atoms with Crippen molar-refractivity contribution in [1.82, 2.24) is 30.7 Å². The van der Waals surface area contributed by atoms with E-state index in [1.807, 2.05) is 31.2 Å². The van der Waals surface area contributed by atoms with Crippen LogP contribution in [0.1, 0.15) is 29.9 Å². The van der Waals surface area contributed by atoms with E-state index in [1.165, 1.54) is 4.68 Å². The fourth-order valence-corrected chi connectivity index (χ4v) is 3.25. The molecule has 12 heteroatoms. The second-order valence-corrected chi connectivity index (χ2v) is 6.97. The summed E-state index contributed by atoms with van der Waals surface area (Å²) in [5.41, 5.74) is 10.6. The van der Waals surface area contributed by atoms with E-state index in [-0.39, 0.29) is 17.3 Å². The van der Waals surface area contributed by atoms with Gasteiger partial charge >= 0.3 is 0 Å². The Hall–Kier alpha value is -4.74.